The van der Waals surface area contributed by atoms with Crippen LogP contribution in [0.15, 0.2) is 47.1 Å². The summed E-state index contributed by atoms with van der Waals surface area (Å²) in [6.45, 7) is 3.67. The fraction of sp³-hybridized carbons (Fsp3) is 0.211. The maximum absolute atomic E-state index is 12.5. The number of methoxy groups -OCH3 is 1. The molecule has 1 aromatic carbocycles. The van der Waals surface area contributed by atoms with Crippen molar-refractivity contribution in [3.05, 3.63) is 65.2 Å². The third kappa shape index (κ3) is 3.66. The first-order valence-electron chi connectivity index (χ1n) is 8.04. The molecule has 134 valence electrons. The number of pyridine rings is 1. The lowest BCUT2D eigenvalue weighted by Gasteiger charge is -2.13. The van der Waals surface area contributed by atoms with E-state index in [-0.39, 0.29) is 6.61 Å². The molecule has 0 fully saturated rings. The fourth-order valence-electron chi connectivity index (χ4n) is 2.47. The van der Waals surface area contributed by atoms with E-state index >= 15 is 0 Å². The monoisotopic (exact) mass is 353 g/mol. The predicted molar refractivity (Wildman–Crippen MR) is 95.6 cm³/mol. The van der Waals surface area contributed by atoms with E-state index in [1.807, 2.05) is 24.3 Å². The number of benzene rings is 1. The Morgan fingerprint density at radius 1 is 1.19 bits per heavy atom. The van der Waals surface area contributed by atoms with Crippen molar-refractivity contribution < 1.29 is 18.8 Å². The molecule has 0 unspecified atom stereocenters. The van der Waals surface area contributed by atoms with Crippen molar-refractivity contribution in [1.82, 2.24) is 10.1 Å². The van der Waals surface area contributed by atoms with Crippen molar-refractivity contribution in [2.24, 2.45) is 0 Å². The number of aromatic nitrogens is 2. The molecule has 2 aromatic heterocycles. The van der Waals surface area contributed by atoms with Gasteiger partial charge in [-0.05, 0) is 38.1 Å². The van der Waals surface area contributed by atoms with Crippen LogP contribution in [0.1, 0.15) is 27.4 Å². The van der Waals surface area contributed by atoms with Crippen LogP contribution in [0.25, 0.3) is 0 Å². The molecule has 0 amide bonds. The molecule has 1 N–H and O–H groups in total. The highest BCUT2D eigenvalue weighted by Gasteiger charge is 2.17. The van der Waals surface area contributed by atoms with Gasteiger partial charge in [-0.15, -0.1) is 0 Å². The number of hydrogen-bond donors (Lipinski definition) is 1. The van der Waals surface area contributed by atoms with Gasteiger partial charge in [0.25, 0.3) is 0 Å². The van der Waals surface area contributed by atoms with Gasteiger partial charge in [0.05, 0.1) is 24.1 Å². The molecule has 0 aliphatic rings. The van der Waals surface area contributed by atoms with Gasteiger partial charge in [0.2, 0.25) is 0 Å². The third-order valence-corrected chi connectivity index (χ3v) is 3.92. The second-order valence-corrected chi connectivity index (χ2v) is 5.60. The van der Waals surface area contributed by atoms with E-state index in [1.165, 1.54) is 0 Å². The topological polar surface area (TPSA) is 86.5 Å². The van der Waals surface area contributed by atoms with Crippen molar-refractivity contribution >= 4 is 17.5 Å². The number of rotatable bonds is 6. The van der Waals surface area contributed by atoms with E-state index < -0.39 is 5.97 Å². The molecule has 0 atom stereocenters. The lowest BCUT2D eigenvalue weighted by Crippen LogP contribution is -2.10. The van der Waals surface area contributed by atoms with E-state index in [1.54, 1.807) is 39.3 Å². The lowest BCUT2D eigenvalue weighted by molar-refractivity contribution is 0.0471. The van der Waals surface area contributed by atoms with Gasteiger partial charge in [0.15, 0.2) is 0 Å². The van der Waals surface area contributed by atoms with E-state index in [0.717, 1.165) is 5.56 Å². The Bertz CT molecular complexity index is 901. The van der Waals surface area contributed by atoms with Crippen LogP contribution in [0.2, 0.25) is 0 Å². The number of ether oxygens (including phenoxy) is 2. The quantitative estimate of drug-likeness (QED) is 0.675. The van der Waals surface area contributed by atoms with Crippen LogP contribution in [0, 0.1) is 13.8 Å². The van der Waals surface area contributed by atoms with E-state index in [4.69, 9.17) is 14.0 Å². The number of hydrogen-bond acceptors (Lipinski definition) is 7. The molecular weight excluding hydrogens is 334 g/mol. The van der Waals surface area contributed by atoms with Gasteiger partial charge in [0, 0.05) is 6.20 Å². The maximum Gasteiger partial charge on any atom is 0.342 e. The Labute approximate surface area is 150 Å². The number of nitrogens with one attached hydrogen (secondary N) is 1. The summed E-state index contributed by atoms with van der Waals surface area (Å²) in [6.07, 6.45) is 1.60. The highest BCUT2D eigenvalue weighted by Crippen LogP contribution is 2.28. The van der Waals surface area contributed by atoms with Crippen molar-refractivity contribution in [3.8, 4) is 5.75 Å². The number of nitrogens with zero attached hydrogens (tertiary/aromatic N) is 2. The molecule has 0 saturated carbocycles. The summed E-state index contributed by atoms with van der Waals surface area (Å²) in [7, 11) is 1.58. The highest BCUT2D eigenvalue weighted by atomic mass is 16.5. The molecule has 7 heteroatoms. The lowest BCUT2D eigenvalue weighted by atomic mass is 10.2. The first kappa shape index (κ1) is 17.5. The van der Waals surface area contributed by atoms with Gasteiger partial charge >= 0.3 is 5.97 Å². The average Bonchev–Trinajstić information content (AvgIpc) is 2.98. The zero-order valence-electron chi connectivity index (χ0n) is 14.8. The van der Waals surface area contributed by atoms with Crippen LogP contribution in [0.4, 0.5) is 11.5 Å². The van der Waals surface area contributed by atoms with Crippen LogP contribution in [0.5, 0.6) is 5.75 Å². The molecule has 0 bridgehead atoms. The van der Waals surface area contributed by atoms with Gasteiger partial charge in [-0.2, -0.15) is 0 Å². The van der Waals surface area contributed by atoms with E-state index in [0.29, 0.717) is 34.3 Å². The van der Waals surface area contributed by atoms with Gasteiger partial charge in [-0.25, -0.2) is 9.78 Å². The summed E-state index contributed by atoms with van der Waals surface area (Å²) in [6, 6.07) is 10.7. The summed E-state index contributed by atoms with van der Waals surface area (Å²) in [5.41, 5.74) is 2.49. The molecule has 0 radical (unpaired) electrons. The number of carbonyl (C=O) groups is 1. The van der Waals surface area contributed by atoms with Crippen molar-refractivity contribution in [1.29, 1.82) is 0 Å². The Morgan fingerprint density at radius 2 is 2.00 bits per heavy atom. The standard InChI is InChI=1S/C19H19N3O4/c1-12-15(13(2)26-22-12)11-25-19(23)14-7-6-10-20-18(14)21-16-8-4-5-9-17(16)24-3/h4-10H,11H2,1-3H3,(H,20,21). The van der Waals surface area contributed by atoms with Gasteiger partial charge in [-0.1, -0.05) is 17.3 Å². The number of anilines is 2. The zero-order chi connectivity index (χ0) is 18.5. The molecule has 3 rings (SSSR count). The van der Waals surface area contributed by atoms with Gasteiger partial charge in [0.1, 0.15) is 29.5 Å². The molecule has 0 saturated heterocycles. The fourth-order valence-corrected chi connectivity index (χ4v) is 2.47. The van der Waals surface area contributed by atoms with Crippen LogP contribution < -0.4 is 10.1 Å². The Hall–Kier alpha value is -3.35. The number of aryl methyl sites for hydroxylation is 2. The molecular formula is C19H19N3O4. The SMILES string of the molecule is COc1ccccc1Nc1ncccc1C(=O)OCc1c(C)noc1C. The molecule has 0 aliphatic carbocycles. The summed E-state index contributed by atoms with van der Waals surface area (Å²) in [5, 5.41) is 6.98. The minimum absolute atomic E-state index is 0.0863. The summed E-state index contributed by atoms with van der Waals surface area (Å²) < 4.78 is 15.8. The number of carbonyl (C=O) groups excluding carboxylic acids is 1. The Morgan fingerprint density at radius 3 is 2.73 bits per heavy atom. The third-order valence-electron chi connectivity index (χ3n) is 3.92. The van der Waals surface area contributed by atoms with Crippen LogP contribution in [0.3, 0.4) is 0 Å². The number of esters is 1. The predicted octanol–water partition coefficient (Wildman–Crippen LogP) is 3.80. The zero-order valence-corrected chi connectivity index (χ0v) is 14.8. The highest BCUT2D eigenvalue weighted by molar-refractivity contribution is 5.95. The Kier molecular flexibility index (Phi) is 5.17. The summed E-state index contributed by atoms with van der Waals surface area (Å²) >= 11 is 0. The molecule has 3 aromatic rings. The minimum atomic E-state index is -0.490. The van der Waals surface area contributed by atoms with Gasteiger partial charge < -0.3 is 19.3 Å². The number of para-hydroxylation sites is 2. The average molecular weight is 353 g/mol. The summed E-state index contributed by atoms with van der Waals surface area (Å²) in [4.78, 5) is 16.8. The van der Waals surface area contributed by atoms with Crippen molar-refractivity contribution in [2.75, 3.05) is 12.4 Å². The first-order chi connectivity index (χ1) is 12.6. The molecule has 26 heavy (non-hydrogen) atoms. The van der Waals surface area contributed by atoms with Crippen molar-refractivity contribution in [3.63, 3.8) is 0 Å². The van der Waals surface area contributed by atoms with Crippen LogP contribution in [-0.4, -0.2) is 23.2 Å². The maximum atomic E-state index is 12.5. The van der Waals surface area contributed by atoms with Crippen LogP contribution in [-0.2, 0) is 11.3 Å². The Balaban J connectivity index is 1.79. The smallest absolute Gasteiger partial charge is 0.342 e. The summed E-state index contributed by atoms with van der Waals surface area (Å²) in [5.74, 6) is 1.18. The van der Waals surface area contributed by atoms with Crippen LogP contribution >= 0.6 is 0 Å². The van der Waals surface area contributed by atoms with E-state index in [9.17, 15) is 4.79 Å². The molecule has 0 aliphatic heterocycles. The first-order valence-corrected chi connectivity index (χ1v) is 8.04. The normalized spacial score (nSPS) is 10.4. The van der Waals surface area contributed by atoms with E-state index in [2.05, 4.69) is 15.5 Å². The molecule has 0 spiro atoms. The second-order valence-electron chi connectivity index (χ2n) is 5.60. The second kappa shape index (κ2) is 7.69. The molecule has 7 nitrogen and oxygen atoms in total. The largest absolute Gasteiger partial charge is 0.495 e. The molecule has 2 heterocycles. The van der Waals surface area contributed by atoms with Gasteiger partial charge in [-0.3, -0.25) is 0 Å². The van der Waals surface area contributed by atoms with Crippen molar-refractivity contribution in [2.45, 2.75) is 20.5 Å². The minimum Gasteiger partial charge on any atom is -0.495 e.